The lowest BCUT2D eigenvalue weighted by Crippen LogP contribution is -2.61. The molecule has 83 heavy (non-hydrogen) atoms. The number of unbranched alkanes of at least 4 members (excludes halogenated alkanes) is 44. The zero-order valence-electron chi connectivity index (χ0n) is 54.3. The van der Waals surface area contributed by atoms with Crippen molar-refractivity contribution in [3.05, 3.63) is 36.5 Å². The van der Waals surface area contributed by atoms with Gasteiger partial charge in [0.1, 0.15) is 24.4 Å². The van der Waals surface area contributed by atoms with Gasteiger partial charge in [0.2, 0.25) is 5.91 Å². The van der Waals surface area contributed by atoms with E-state index < -0.39 is 67.4 Å². The first-order valence-electron chi connectivity index (χ1n) is 35.8. The SMILES string of the molecule is CCCCC/C=C\C/C=C\CCCCCCCCCCCCCCCCC(O)C(=O)NC(COC1OC(CO)C(O)C(O)C1OC(=O)CCCCCCCCCCCCCCCCCCC)C(O)/C=C/CCCCCCCCCCCCC. The van der Waals surface area contributed by atoms with Crippen LogP contribution in [0, 0.1) is 0 Å². The predicted octanol–water partition coefficient (Wildman–Crippen LogP) is 18.2. The molecule has 1 rings (SSSR count). The topological polar surface area (TPSA) is 175 Å². The van der Waals surface area contributed by atoms with Crippen LogP contribution in [0.2, 0.25) is 0 Å². The van der Waals surface area contributed by atoms with Crippen LogP contribution in [0.25, 0.3) is 0 Å². The minimum atomic E-state index is -1.61. The number of aliphatic hydroxyl groups is 5. The van der Waals surface area contributed by atoms with Crippen molar-refractivity contribution in [2.75, 3.05) is 13.2 Å². The van der Waals surface area contributed by atoms with Gasteiger partial charge < -0.3 is 45.1 Å². The summed E-state index contributed by atoms with van der Waals surface area (Å²) in [4.78, 5) is 26.7. The molecule has 488 valence electrons. The molecule has 1 amide bonds. The number of amides is 1. The first-order valence-corrected chi connectivity index (χ1v) is 35.8. The Morgan fingerprint density at radius 2 is 0.831 bits per heavy atom. The highest BCUT2D eigenvalue weighted by Gasteiger charge is 2.47. The fraction of sp³-hybridized carbons (Fsp3) is 0.889. The van der Waals surface area contributed by atoms with E-state index >= 15 is 0 Å². The minimum absolute atomic E-state index is 0.130. The van der Waals surface area contributed by atoms with Crippen molar-refractivity contribution >= 4 is 11.9 Å². The normalized spacial score (nSPS) is 18.7. The second-order valence-electron chi connectivity index (χ2n) is 25.0. The highest BCUT2D eigenvalue weighted by atomic mass is 16.7. The van der Waals surface area contributed by atoms with E-state index in [1.807, 2.05) is 6.08 Å². The van der Waals surface area contributed by atoms with E-state index in [0.29, 0.717) is 19.3 Å². The Balaban J connectivity index is 2.58. The minimum Gasteiger partial charge on any atom is -0.454 e. The van der Waals surface area contributed by atoms with Crippen LogP contribution in [0.4, 0.5) is 0 Å². The van der Waals surface area contributed by atoms with Gasteiger partial charge in [0.05, 0.1) is 25.4 Å². The number of nitrogens with one attached hydrogen (secondary N) is 1. The summed E-state index contributed by atoms with van der Waals surface area (Å²) in [6.07, 6.45) is 63.3. The summed E-state index contributed by atoms with van der Waals surface area (Å²) in [6.45, 7) is 5.82. The van der Waals surface area contributed by atoms with Crippen LogP contribution in [-0.4, -0.2) is 99.6 Å². The van der Waals surface area contributed by atoms with E-state index in [-0.39, 0.29) is 13.0 Å². The Kier molecular flexibility index (Phi) is 57.2. The van der Waals surface area contributed by atoms with Crippen LogP contribution >= 0.6 is 0 Å². The number of carbonyl (C=O) groups is 2. The highest BCUT2D eigenvalue weighted by Crippen LogP contribution is 2.26. The second kappa shape index (κ2) is 60.2. The fourth-order valence-electron chi connectivity index (χ4n) is 11.4. The second-order valence-corrected chi connectivity index (χ2v) is 25.0. The van der Waals surface area contributed by atoms with Crippen molar-refractivity contribution in [2.24, 2.45) is 0 Å². The van der Waals surface area contributed by atoms with E-state index in [0.717, 1.165) is 64.2 Å². The van der Waals surface area contributed by atoms with Crippen LogP contribution in [0.15, 0.2) is 36.5 Å². The molecule has 11 nitrogen and oxygen atoms in total. The average molecular weight is 1170 g/mol. The highest BCUT2D eigenvalue weighted by molar-refractivity contribution is 5.80. The summed E-state index contributed by atoms with van der Waals surface area (Å²) < 4.78 is 17.7. The van der Waals surface area contributed by atoms with Crippen molar-refractivity contribution in [3.63, 3.8) is 0 Å². The van der Waals surface area contributed by atoms with Gasteiger partial charge in [-0.25, -0.2) is 0 Å². The van der Waals surface area contributed by atoms with Crippen molar-refractivity contribution in [1.29, 1.82) is 0 Å². The van der Waals surface area contributed by atoms with E-state index in [1.165, 1.54) is 238 Å². The van der Waals surface area contributed by atoms with E-state index in [1.54, 1.807) is 6.08 Å². The van der Waals surface area contributed by atoms with Gasteiger partial charge >= 0.3 is 5.97 Å². The maximum absolute atomic E-state index is 13.5. The molecule has 0 bridgehead atoms. The predicted molar refractivity (Wildman–Crippen MR) is 347 cm³/mol. The lowest BCUT2D eigenvalue weighted by molar-refractivity contribution is -0.305. The molecule has 11 heteroatoms. The standard InChI is InChI=1S/C72H135NO10/c1-4-7-10-13-16-19-22-25-27-29-30-31-32-33-34-35-37-38-41-44-47-50-53-56-59-65(76)71(80)73-63(64(75)58-55-52-49-46-43-40-24-21-18-15-12-9-6-3)62-81-72-70(69(79)68(78)66(61-74)82-72)83-67(77)60-57-54-51-48-45-42-39-36-28-26-23-20-17-14-11-8-5-2/h16,19,25,27,55,58,63-66,68-70,72,74-76,78-79H,4-15,17-18,20-24,26,28-54,56-57,59-62H2,1-3H3,(H,73,80)/b19-16-,27-25-,58-55+. The number of hydrogen-bond acceptors (Lipinski definition) is 10. The maximum atomic E-state index is 13.5. The molecule has 1 aliphatic heterocycles. The summed E-state index contributed by atoms with van der Waals surface area (Å²) in [5, 5.41) is 57.3. The quantitative estimate of drug-likeness (QED) is 0.0195. The molecule has 8 unspecified atom stereocenters. The molecular weight excluding hydrogens is 1040 g/mol. The van der Waals surface area contributed by atoms with Crippen LogP contribution in [0.3, 0.4) is 0 Å². The van der Waals surface area contributed by atoms with Gasteiger partial charge in [0.25, 0.3) is 0 Å². The van der Waals surface area contributed by atoms with Crippen LogP contribution in [-0.2, 0) is 23.8 Å². The Bertz CT molecular complexity index is 1490. The van der Waals surface area contributed by atoms with Gasteiger partial charge in [-0.05, 0) is 57.8 Å². The number of allylic oxidation sites excluding steroid dienone is 5. The molecule has 0 aromatic rings. The molecule has 1 fully saturated rings. The van der Waals surface area contributed by atoms with Gasteiger partial charge in [-0.2, -0.15) is 0 Å². The van der Waals surface area contributed by atoms with Crippen molar-refractivity contribution in [1.82, 2.24) is 5.32 Å². The van der Waals surface area contributed by atoms with Crippen molar-refractivity contribution < 1.29 is 49.3 Å². The lowest BCUT2D eigenvalue weighted by Gasteiger charge is -2.41. The number of rotatable bonds is 62. The van der Waals surface area contributed by atoms with Gasteiger partial charge in [0, 0.05) is 6.42 Å². The number of esters is 1. The molecule has 0 aliphatic carbocycles. The molecule has 0 radical (unpaired) electrons. The maximum Gasteiger partial charge on any atom is 0.306 e. The molecule has 1 heterocycles. The molecule has 0 spiro atoms. The summed E-state index contributed by atoms with van der Waals surface area (Å²) in [5.74, 6) is -1.18. The third-order valence-electron chi connectivity index (χ3n) is 17.0. The Hall–Kier alpha value is -2.12. The summed E-state index contributed by atoms with van der Waals surface area (Å²) in [7, 11) is 0. The van der Waals surface area contributed by atoms with Crippen molar-refractivity contribution in [2.45, 2.75) is 397 Å². The Labute approximate surface area is 511 Å². The zero-order valence-corrected chi connectivity index (χ0v) is 54.3. The molecule has 0 saturated carbocycles. The third-order valence-corrected chi connectivity index (χ3v) is 17.0. The smallest absolute Gasteiger partial charge is 0.306 e. The van der Waals surface area contributed by atoms with Gasteiger partial charge in [-0.3, -0.25) is 9.59 Å². The van der Waals surface area contributed by atoms with E-state index in [4.69, 9.17) is 14.2 Å². The van der Waals surface area contributed by atoms with Crippen molar-refractivity contribution in [3.8, 4) is 0 Å². The number of aliphatic hydroxyl groups excluding tert-OH is 5. The molecule has 1 saturated heterocycles. The zero-order chi connectivity index (χ0) is 60.3. The van der Waals surface area contributed by atoms with Crippen LogP contribution < -0.4 is 5.32 Å². The third kappa shape index (κ3) is 47.6. The van der Waals surface area contributed by atoms with Crippen LogP contribution in [0.1, 0.15) is 348 Å². The lowest BCUT2D eigenvalue weighted by atomic mass is 9.99. The fourth-order valence-corrected chi connectivity index (χ4v) is 11.4. The summed E-state index contributed by atoms with van der Waals surface area (Å²) in [5.41, 5.74) is 0. The Morgan fingerprint density at radius 1 is 0.470 bits per heavy atom. The Morgan fingerprint density at radius 3 is 1.25 bits per heavy atom. The molecule has 0 aromatic heterocycles. The monoisotopic (exact) mass is 1170 g/mol. The van der Waals surface area contributed by atoms with Gasteiger partial charge in [0.15, 0.2) is 12.4 Å². The summed E-state index contributed by atoms with van der Waals surface area (Å²) in [6, 6.07) is -1.02. The first-order chi connectivity index (χ1) is 40.7. The van der Waals surface area contributed by atoms with Crippen LogP contribution in [0.5, 0.6) is 0 Å². The largest absolute Gasteiger partial charge is 0.454 e. The molecule has 0 aromatic carbocycles. The number of carbonyl (C=O) groups excluding carboxylic acids is 2. The first kappa shape index (κ1) is 78.9. The number of hydrogen-bond donors (Lipinski definition) is 6. The molecular formula is C72H135NO10. The van der Waals surface area contributed by atoms with Gasteiger partial charge in [-0.1, -0.05) is 320 Å². The van der Waals surface area contributed by atoms with Gasteiger partial charge in [-0.15, -0.1) is 0 Å². The van der Waals surface area contributed by atoms with E-state index in [9.17, 15) is 35.1 Å². The average Bonchev–Trinajstić information content (AvgIpc) is 3.67. The molecule has 6 N–H and O–H groups in total. The molecule has 1 aliphatic rings. The number of ether oxygens (including phenoxy) is 3. The summed E-state index contributed by atoms with van der Waals surface area (Å²) >= 11 is 0. The molecule has 8 atom stereocenters. The van der Waals surface area contributed by atoms with E-state index in [2.05, 4.69) is 50.4 Å².